The molecule has 0 N–H and O–H groups in total. The Morgan fingerprint density at radius 2 is 1.95 bits per heavy atom. The van der Waals surface area contributed by atoms with Gasteiger partial charge >= 0.3 is 0 Å². The highest BCUT2D eigenvalue weighted by Gasteiger charge is 2.04. The molecule has 2 rings (SSSR count). The fourth-order valence-corrected chi connectivity index (χ4v) is 1.55. The monoisotopic (exact) mass is 254 g/mol. The highest BCUT2D eigenvalue weighted by Crippen LogP contribution is 2.13. The van der Waals surface area contributed by atoms with Crippen molar-refractivity contribution in [1.82, 2.24) is 15.0 Å². The van der Waals surface area contributed by atoms with Crippen LogP contribution in [-0.2, 0) is 0 Å². The van der Waals surface area contributed by atoms with Gasteiger partial charge in [0.15, 0.2) is 0 Å². The highest BCUT2D eigenvalue weighted by atomic mass is 15.2. The van der Waals surface area contributed by atoms with Crippen LogP contribution in [0.1, 0.15) is 25.1 Å². The Kier molecular flexibility index (Phi) is 4.23. The van der Waals surface area contributed by atoms with Crippen LogP contribution in [0.5, 0.6) is 0 Å². The summed E-state index contributed by atoms with van der Waals surface area (Å²) in [5.41, 5.74) is 1.94. The summed E-state index contributed by atoms with van der Waals surface area (Å²) in [5, 5.41) is 0. The quantitative estimate of drug-likeness (QED) is 0.841. The lowest BCUT2D eigenvalue weighted by Gasteiger charge is -2.22. The van der Waals surface area contributed by atoms with E-state index in [-0.39, 0.29) is 0 Å². The predicted molar refractivity (Wildman–Crippen MR) is 78.7 cm³/mol. The molecule has 0 unspecified atom stereocenters. The first kappa shape index (κ1) is 13.2. The van der Waals surface area contributed by atoms with Crippen LogP contribution in [0.2, 0.25) is 0 Å². The molecule has 0 aliphatic rings. The summed E-state index contributed by atoms with van der Waals surface area (Å²) in [7, 11) is 2.05. The Hall–Kier alpha value is -2.23. The molecule has 2 aromatic heterocycles. The second-order valence-electron chi connectivity index (χ2n) is 4.62. The van der Waals surface area contributed by atoms with Gasteiger partial charge in [0.2, 0.25) is 0 Å². The van der Waals surface area contributed by atoms with Crippen LogP contribution in [0.4, 0.5) is 5.82 Å². The summed E-state index contributed by atoms with van der Waals surface area (Å²) in [5.74, 6) is 0.981. The van der Waals surface area contributed by atoms with E-state index < -0.39 is 0 Å². The SMILES string of the molecule is CC(C)N(C)c1ccc(/C=C/c2ccncn2)cn1. The van der Waals surface area contributed by atoms with E-state index in [2.05, 4.69) is 39.8 Å². The lowest BCUT2D eigenvalue weighted by atomic mass is 10.2. The molecule has 2 aromatic rings. The van der Waals surface area contributed by atoms with E-state index in [1.165, 1.54) is 0 Å². The molecule has 0 aliphatic heterocycles. The normalized spacial score (nSPS) is 11.2. The molecule has 0 aromatic carbocycles. The summed E-state index contributed by atoms with van der Waals surface area (Å²) in [6, 6.07) is 6.39. The number of anilines is 1. The molecule has 98 valence electrons. The van der Waals surface area contributed by atoms with Gasteiger partial charge in [-0.2, -0.15) is 0 Å². The molecular formula is C15H18N4. The number of rotatable bonds is 4. The lowest BCUT2D eigenvalue weighted by molar-refractivity contribution is 0.743. The van der Waals surface area contributed by atoms with Crippen molar-refractivity contribution in [2.24, 2.45) is 0 Å². The maximum atomic E-state index is 4.45. The molecule has 0 atom stereocenters. The van der Waals surface area contributed by atoms with Gasteiger partial charge < -0.3 is 4.90 Å². The molecule has 0 aliphatic carbocycles. The van der Waals surface area contributed by atoms with E-state index in [0.717, 1.165) is 17.1 Å². The van der Waals surface area contributed by atoms with Gasteiger partial charge in [-0.1, -0.05) is 6.08 Å². The second-order valence-corrected chi connectivity index (χ2v) is 4.62. The van der Waals surface area contributed by atoms with Gasteiger partial charge in [-0.15, -0.1) is 0 Å². The van der Waals surface area contributed by atoms with E-state index in [9.17, 15) is 0 Å². The average molecular weight is 254 g/mol. The molecule has 0 bridgehead atoms. The van der Waals surface area contributed by atoms with Crippen molar-refractivity contribution in [3.63, 3.8) is 0 Å². The molecule has 0 spiro atoms. The zero-order valence-electron chi connectivity index (χ0n) is 11.5. The molecule has 19 heavy (non-hydrogen) atoms. The first-order chi connectivity index (χ1) is 9.16. The van der Waals surface area contributed by atoms with E-state index in [1.54, 1.807) is 12.5 Å². The number of nitrogens with zero attached hydrogens (tertiary/aromatic N) is 4. The summed E-state index contributed by atoms with van der Waals surface area (Å²) in [6.07, 6.45) is 9.08. The Morgan fingerprint density at radius 3 is 2.53 bits per heavy atom. The van der Waals surface area contributed by atoms with E-state index in [4.69, 9.17) is 0 Å². The van der Waals surface area contributed by atoms with Gasteiger partial charge in [-0.05, 0) is 43.7 Å². The van der Waals surface area contributed by atoms with Gasteiger partial charge in [-0.3, -0.25) is 0 Å². The smallest absolute Gasteiger partial charge is 0.128 e. The average Bonchev–Trinajstić information content (AvgIpc) is 2.46. The molecule has 0 amide bonds. The fraction of sp³-hybridized carbons (Fsp3) is 0.267. The van der Waals surface area contributed by atoms with Crippen molar-refractivity contribution >= 4 is 18.0 Å². The van der Waals surface area contributed by atoms with Crippen molar-refractivity contribution < 1.29 is 0 Å². The third kappa shape index (κ3) is 3.61. The molecule has 0 fully saturated rings. The number of aromatic nitrogens is 3. The van der Waals surface area contributed by atoms with Crippen LogP contribution < -0.4 is 4.90 Å². The van der Waals surface area contributed by atoms with Gasteiger partial charge in [-0.25, -0.2) is 15.0 Å². The maximum Gasteiger partial charge on any atom is 0.128 e. The third-order valence-corrected chi connectivity index (χ3v) is 2.96. The molecule has 4 nitrogen and oxygen atoms in total. The minimum Gasteiger partial charge on any atom is -0.357 e. The van der Waals surface area contributed by atoms with Crippen LogP contribution in [0.25, 0.3) is 12.2 Å². The molecule has 0 saturated heterocycles. The van der Waals surface area contributed by atoms with Crippen LogP contribution in [0.3, 0.4) is 0 Å². The summed E-state index contributed by atoms with van der Waals surface area (Å²) < 4.78 is 0. The van der Waals surface area contributed by atoms with Crippen molar-refractivity contribution in [3.8, 4) is 0 Å². The molecule has 4 heteroatoms. The molecular weight excluding hydrogens is 236 g/mol. The van der Waals surface area contributed by atoms with E-state index in [0.29, 0.717) is 6.04 Å². The Labute approximate surface area is 113 Å². The van der Waals surface area contributed by atoms with Gasteiger partial charge in [0, 0.05) is 25.5 Å². The van der Waals surface area contributed by atoms with Crippen molar-refractivity contribution in [3.05, 3.63) is 48.2 Å². The van der Waals surface area contributed by atoms with Crippen molar-refractivity contribution in [2.45, 2.75) is 19.9 Å². The minimum absolute atomic E-state index is 0.440. The van der Waals surface area contributed by atoms with Crippen LogP contribution in [0, 0.1) is 0 Å². The fourth-order valence-electron chi connectivity index (χ4n) is 1.55. The van der Waals surface area contributed by atoms with Gasteiger partial charge in [0.25, 0.3) is 0 Å². The summed E-state index contributed by atoms with van der Waals surface area (Å²) in [4.78, 5) is 14.6. The van der Waals surface area contributed by atoms with Crippen LogP contribution in [0.15, 0.2) is 36.9 Å². The number of hydrogen-bond donors (Lipinski definition) is 0. The number of hydrogen-bond acceptors (Lipinski definition) is 4. The predicted octanol–water partition coefficient (Wildman–Crippen LogP) is 2.89. The van der Waals surface area contributed by atoms with Crippen LogP contribution in [-0.4, -0.2) is 28.0 Å². The molecule has 0 radical (unpaired) electrons. The van der Waals surface area contributed by atoms with Crippen molar-refractivity contribution in [2.75, 3.05) is 11.9 Å². The number of pyridine rings is 1. The van der Waals surface area contributed by atoms with Gasteiger partial charge in [0.1, 0.15) is 12.1 Å². The minimum atomic E-state index is 0.440. The largest absolute Gasteiger partial charge is 0.357 e. The Morgan fingerprint density at radius 1 is 1.11 bits per heavy atom. The Balaban J connectivity index is 2.09. The zero-order valence-corrected chi connectivity index (χ0v) is 11.5. The Bertz CT molecular complexity index is 532. The van der Waals surface area contributed by atoms with Crippen molar-refractivity contribution in [1.29, 1.82) is 0 Å². The zero-order chi connectivity index (χ0) is 13.7. The highest BCUT2D eigenvalue weighted by molar-refractivity contribution is 5.67. The molecule has 2 heterocycles. The summed E-state index contributed by atoms with van der Waals surface area (Å²) >= 11 is 0. The lowest BCUT2D eigenvalue weighted by Crippen LogP contribution is -2.26. The van der Waals surface area contributed by atoms with Crippen LogP contribution >= 0.6 is 0 Å². The second kappa shape index (κ2) is 6.09. The summed E-state index contributed by atoms with van der Waals surface area (Å²) in [6.45, 7) is 4.29. The first-order valence-corrected chi connectivity index (χ1v) is 6.30. The molecule has 0 saturated carbocycles. The standard InChI is InChI=1S/C15H18N4/c1-12(2)19(3)15-7-5-13(10-17-15)4-6-14-8-9-16-11-18-14/h4-12H,1-3H3/b6-4+. The van der Waals surface area contributed by atoms with E-state index in [1.807, 2.05) is 37.5 Å². The van der Waals surface area contributed by atoms with E-state index >= 15 is 0 Å². The third-order valence-electron chi connectivity index (χ3n) is 2.96. The maximum absolute atomic E-state index is 4.45. The first-order valence-electron chi connectivity index (χ1n) is 6.30. The van der Waals surface area contributed by atoms with Gasteiger partial charge in [0.05, 0.1) is 5.69 Å². The topological polar surface area (TPSA) is 41.9 Å².